The number of aliphatic imine (C=N–C) groups is 1. The number of nitrogens with one attached hydrogen (secondary N) is 1. The van der Waals surface area contributed by atoms with Crippen molar-refractivity contribution in [1.82, 2.24) is 5.01 Å². The fourth-order valence-electron chi connectivity index (χ4n) is 2.45. The molecule has 0 fully saturated rings. The number of carbonyl (C=O) groups is 1. The topological polar surface area (TPSA) is 82.0 Å². The molecule has 0 aliphatic carbocycles. The summed E-state index contributed by atoms with van der Waals surface area (Å²) < 4.78 is 5.77. The van der Waals surface area contributed by atoms with Crippen molar-refractivity contribution >= 4 is 51.6 Å². The molecule has 130 valence electrons. The van der Waals surface area contributed by atoms with Crippen LogP contribution in [0.5, 0.6) is 0 Å². The number of hydrogen-bond donors (Lipinski definition) is 1. The Morgan fingerprint density at radius 2 is 2.08 bits per heavy atom. The Morgan fingerprint density at radius 3 is 2.88 bits per heavy atom. The van der Waals surface area contributed by atoms with Gasteiger partial charge in [0.25, 0.3) is 5.91 Å². The summed E-state index contributed by atoms with van der Waals surface area (Å²) in [6.07, 6.45) is 1.55. The van der Waals surface area contributed by atoms with E-state index in [4.69, 9.17) is 9.83 Å². The van der Waals surface area contributed by atoms with Crippen LogP contribution in [0.25, 0.3) is 6.08 Å². The first-order chi connectivity index (χ1) is 12.6. The molecule has 2 aliphatic rings. The molecule has 0 radical (unpaired) electrons. The Kier molecular flexibility index (Phi) is 4.52. The molecule has 4 rings (SSSR count). The van der Waals surface area contributed by atoms with E-state index in [1.807, 2.05) is 31.2 Å². The van der Waals surface area contributed by atoms with Gasteiger partial charge in [-0.25, -0.2) is 0 Å². The average molecular weight is 382 g/mol. The van der Waals surface area contributed by atoms with Crippen LogP contribution in [0.1, 0.15) is 18.2 Å². The minimum Gasteiger partial charge on any atom is -0.450 e. The predicted molar refractivity (Wildman–Crippen MR) is 105 cm³/mol. The fraction of sp³-hybridized carbons (Fsp3) is 0.111. The first kappa shape index (κ1) is 16.9. The van der Waals surface area contributed by atoms with Crippen LogP contribution in [-0.4, -0.2) is 27.0 Å². The second-order valence-corrected chi connectivity index (χ2v) is 7.71. The first-order valence-electron chi connectivity index (χ1n) is 7.83. The quantitative estimate of drug-likeness (QED) is 0.633. The molecule has 0 unspecified atom stereocenters. The van der Waals surface area contributed by atoms with E-state index in [0.717, 1.165) is 15.9 Å². The van der Waals surface area contributed by atoms with Crippen molar-refractivity contribution in [2.24, 2.45) is 10.1 Å². The zero-order chi connectivity index (χ0) is 18.1. The normalized spacial score (nSPS) is 18.2. The molecule has 0 atom stereocenters. The summed E-state index contributed by atoms with van der Waals surface area (Å²) in [4.78, 5) is 16.2. The van der Waals surface area contributed by atoms with Gasteiger partial charge in [-0.1, -0.05) is 42.1 Å². The van der Waals surface area contributed by atoms with E-state index in [1.54, 1.807) is 23.9 Å². The second-order valence-electron chi connectivity index (χ2n) is 5.57. The molecular weight excluding hydrogens is 368 g/mol. The number of hydrazone groups is 1. The first-order valence-corrected chi connectivity index (χ1v) is 9.64. The Labute approximate surface area is 158 Å². The maximum Gasteiger partial charge on any atom is 0.283 e. The summed E-state index contributed by atoms with van der Waals surface area (Å²) in [6, 6.07) is 13.8. The third-order valence-corrected chi connectivity index (χ3v) is 5.47. The third-order valence-electron chi connectivity index (χ3n) is 3.67. The number of thioether (sulfide) groups is 2. The van der Waals surface area contributed by atoms with Crippen LogP contribution in [0.2, 0.25) is 0 Å². The largest absolute Gasteiger partial charge is 0.450 e. The van der Waals surface area contributed by atoms with Crippen molar-refractivity contribution in [3.8, 4) is 0 Å². The Hall–Kier alpha value is -2.58. The predicted octanol–water partition coefficient (Wildman–Crippen LogP) is 4.21. The van der Waals surface area contributed by atoms with Gasteiger partial charge in [0.1, 0.15) is 5.76 Å². The summed E-state index contributed by atoms with van der Waals surface area (Å²) in [7, 11) is 0. The van der Waals surface area contributed by atoms with Crippen LogP contribution >= 0.6 is 23.5 Å². The van der Waals surface area contributed by atoms with Gasteiger partial charge in [0.05, 0.1) is 10.6 Å². The number of fused-ring (bicyclic) bond motifs is 1. The lowest BCUT2D eigenvalue weighted by atomic mass is 10.1. The highest BCUT2D eigenvalue weighted by Gasteiger charge is 2.34. The zero-order valence-electron chi connectivity index (χ0n) is 13.8. The highest BCUT2D eigenvalue weighted by atomic mass is 32.2. The van der Waals surface area contributed by atoms with Gasteiger partial charge in [0.15, 0.2) is 10.9 Å². The van der Waals surface area contributed by atoms with Gasteiger partial charge in [-0.05, 0) is 42.5 Å². The number of hydrogen-bond acceptors (Lipinski definition) is 6. The third kappa shape index (κ3) is 3.38. The molecule has 0 bridgehead atoms. The molecule has 3 heterocycles. The highest BCUT2D eigenvalue weighted by Crippen LogP contribution is 2.29. The van der Waals surface area contributed by atoms with Crippen LogP contribution < -0.4 is 0 Å². The summed E-state index contributed by atoms with van der Waals surface area (Å²) in [5.74, 6) is 0.874. The van der Waals surface area contributed by atoms with Gasteiger partial charge in [-0.15, -0.1) is 0 Å². The Morgan fingerprint density at radius 1 is 1.27 bits per heavy atom. The lowest BCUT2D eigenvalue weighted by Crippen LogP contribution is -2.35. The van der Waals surface area contributed by atoms with Gasteiger partial charge in [0.2, 0.25) is 5.17 Å². The van der Waals surface area contributed by atoms with E-state index in [-0.39, 0.29) is 11.4 Å². The molecular formula is C18H14N4O2S2. The molecule has 6 nitrogen and oxygen atoms in total. The minimum atomic E-state index is -0.450. The second kappa shape index (κ2) is 6.97. The molecule has 1 N–H and O–H groups in total. The van der Waals surface area contributed by atoms with Gasteiger partial charge in [-0.2, -0.15) is 15.1 Å². The van der Waals surface area contributed by atoms with E-state index in [2.05, 4.69) is 22.2 Å². The highest BCUT2D eigenvalue weighted by molar-refractivity contribution is 8.26. The SMILES string of the molecule is CC1=NN2C(=N)/C(=C\c3ccc(SCc4ccccc4)o3)C(=O)N=C2S1. The van der Waals surface area contributed by atoms with Gasteiger partial charge in [-0.3, -0.25) is 10.2 Å². The summed E-state index contributed by atoms with van der Waals surface area (Å²) in [6.45, 7) is 1.81. The van der Waals surface area contributed by atoms with Crippen molar-refractivity contribution in [2.75, 3.05) is 0 Å². The number of benzene rings is 1. The molecule has 0 saturated carbocycles. The maximum atomic E-state index is 12.2. The van der Waals surface area contributed by atoms with E-state index in [1.165, 1.54) is 22.3 Å². The molecule has 1 amide bonds. The van der Waals surface area contributed by atoms with Crippen LogP contribution in [0.4, 0.5) is 0 Å². The molecule has 0 spiro atoms. The maximum absolute atomic E-state index is 12.2. The van der Waals surface area contributed by atoms with Crippen molar-refractivity contribution < 1.29 is 9.21 Å². The molecule has 1 aromatic heterocycles. The van der Waals surface area contributed by atoms with Crippen molar-refractivity contribution in [3.63, 3.8) is 0 Å². The standard InChI is InChI=1S/C18H14N4O2S2/c1-11-21-22-16(19)14(17(23)20-18(22)26-11)9-13-7-8-15(24-13)25-10-12-5-3-2-4-6-12/h2-9,19H,10H2,1H3/b14-9+,19-16?. The van der Waals surface area contributed by atoms with E-state index >= 15 is 0 Å². The molecule has 26 heavy (non-hydrogen) atoms. The lowest BCUT2D eigenvalue weighted by Gasteiger charge is -2.19. The van der Waals surface area contributed by atoms with Gasteiger partial charge in [0, 0.05) is 5.75 Å². The summed E-state index contributed by atoms with van der Waals surface area (Å²) >= 11 is 2.86. The average Bonchev–Trinajstić information content (AvgIpc) is 3.24. The zero-order valence-corrected chi connectivity index (χ0v) is 15.4. The monoisotopic (exact) mass is 382 g/mol. The smallest absolute Gasteiger partial charge is 0.283 e. The van der Waals surface area contributed by atoms with E-state index in [0.29, 0.717) is 10.9 Å². The van der Waals surface area contributed by atoms with Crippen LogP contribution in [-0.2, 0) is 10.5 Å². The molecule has 0 saturated heterocycles. The van der Waals surface area contributed by atoms with Crippen molar-refractivity contribution in [3.05, 3.63) is 59.4 Å². The van der Waals surface area contributed by atoms with Crippen molar-refractivity contribution in [2.45, 2.75) is 17.8 Å². The summed E-state index contributed by atoms with van der Waals surface area (Å²) in [5.41, 5.74) is 1.38. The number of nitrogens with zero attached hydrogens (tertiary/aromatic N) is 3. The molecule has 2 aromatic rings. The number of amides is 1. The minimum absolute atomic E-state index is 0.0132. The summed E-state index contributed by atoms with van der Waals surface area (Å²) in [5, 5.41) is 15.8. The number of furan rings is 1. The Balaban J connectivity index is 1.51. The number of carbonyl (C=O) groups excluding carboxylic acids is 1. The molecule has 1 aromatic carbocycles. The van der Waals surface area contributed by atoms with Crippen LogP contribution in [0.15, 0.2) is 67.6 Å². The van der Waals surface area contributed by atoms with Gasteiger partial charge >= 0.3 is 0 Å². The Bertz CT molecular complexity index is 976. The number of amidine groups is 2. The van der Waals surface area contributed by atoms with Crippen LogP contribution in [0.3, 0.4) is 0 Å². The van der Waals surface area contributed by atoms with E-state index < -0.39 is 5.91 Å². The molecule has 2 aliphatic heterocycles. The van der Waals surface area contributed by atoms with Gasteiger partial charge < -0.3 is 4.42 Å². The number of rotatable bonds is 4. The van der Waals surface area contributed by atoms with E-state index in [9.17, 15) is 4.79 Å². The van der Waals surface area contributed by atoms with Crippen molar-refractivity contribution in [1.29, 1.82) is 5.41 Å². The van der Waals surface area contributed by atoms with Crippen LogP contribution in [0, 0.1) is 5.41 Å². The lowest BCUT2D eigenvalue weighted by molar-refractivity contribution is -0.114. The molecule has 8 heteroatoms. The fourth-order valence-corrected chi connectivity index (χ4v) is 4.00.